The first-order chi connectivity index (χ1) is 6.33. The molecule has 0 radical (unpaired) electrons. The van der Waals surface area contributed by atoms with E-state index in [2.05, 4.69) is 12.2 Å². The molecule has 1 aliphatic rings. The molecule has 0 spiro atoms. The number of nitrogens with one attached hydrogen (secondary N) is 1. The molecule has 0 bridgehead atoms. The van der Waals surface area contributed by atoms with E-state index in [0.717, 1.165) is 19.3 Å². The van der Waals surface area contributed by atoms with Crippen molar-refractivity contribution in [2.24, 2.45) is 0 Å². The monoisotopic (exact) mass is 181 g/mol. The van der Waals surface area contributed by atoms with E-state index in [1.165, 1.54) is 19.3 Å². The second-order valence-corrected chi connectivity index (χ2v) is 3.68. The van der Waals surface area contributed by atoms with Gasteiger partial charge < -0.3 is 5.32 Å². The highest BCUT2D eigenvalue weighted by Crippen LogP contribution is 2.17. The molecule has 74 valence electrons. The fourth-order valence-corrected chi connectivity index (χ4v) is 1.31. The molecule has 0 aromatic heterocycles. The molecule has 1 rings (SSSR count). The summed E-state index contributed by atoms with van der Waals surface area (Å²) in [7, 11) is 0. The quantitative estimate of drug-likeness (QED) is 0.512. The van der Waals surface area contributed by atoms with Gasteiger partial charge in [-0.15, -0.1) is 0 Å². The smallest absolute Gasteiger partial charge is 0.243 e. The summed E-state index contributed by atoms with van der Waals surface area (Å²) >= 11 is 0. The van der Waals surface area contributed by atoms with Crippen LogP contribution in [0.15, 0.2) is 12.2 Å². The van der Waals surface area contributed by atoms with Crippen molar-refractivity contribution in [1.29, 1.82) is 0 Å². The summed E-state index contributed by atoms with van der Waals surface area (Å²) in [6.45, 7) is 2.16. The van der Waals surface area contributed by atoms with E-state index < -0.39 is 0 Å². The Kier molecular flexibility index (Phi) is 4.58. The first-order valence-corrected chi connectivity index (χ1v) is 5.30. The Morgan fingerprint density at radius 1 is 1.54 bits per heavy atom. The molecule has 2 nitrogen and oxygen atoms in total. The van der Waals surface area contributed by atoms with Gasteiger partial charge in [0.15, 0.2) is 0 Å². The second kappa shape index (κ2) is 5.79. The van der Waals surface area contributed by atoms with Crippen LogP contribution in [0.2, 0.25) is 0 Å². The molecule has 0 aromatic rings. The van der Waals surface area contributed by atoms with Crippen molar-refractivity contribution < 1.29 is 4.79 Å². The number of carbonyl (C=O) groups is 1. The molecule has 0 aliphatic heterocycles. The van der Waals surface area contributed by atoms with Crippen molar-refractivity contribution in [2.45, 2.75) is 51.5 Å². The van der Waals surface area contributed by atoms with Gasteiger partial charge in [-0.05, 0) is 31.8 Å². The molecule has 0 saturated heterocycles. The third kappa shape index (κ3) is 4.11. The van der Waals surface area contributed by atoms with Crippen molar-refractivity contribution in [3.8, 4) is 0 Å². The summed E-state index contributed by atoms with van der Waals surface area (Å²) in [5, 5.41) is 2.97. The Balaban J connectivity index is 2.05. The molecule has 1 fully saturated rings. The van der Waals surface area contributed by atoms with Gasteiger partial charge >= 0.3 is 0 Å². The normalized spacial score (nSPS) is 17.3. The van der Waals surface area contributed by atoms with Crippen LogP contribution in [0, 0.1) is 0 Å². The second-order valence-electron chi connectivity index (χ2n) is 3.68. The van der Waals surface area contributed by atoms with Gasteiger partial charge in [0, 0.05) is 6.04 Å². The van der Waals surface area contributed by atoms with Crippen LogP contribution < -0.4 is 5.32 Å². The highest BCUT2D eigenvalue weighted by molar-refractivity contribution is 5.87. The van der Waals surface area contributed by atoms with Crippen LogP contribution >= 0.6 is 0 Å². The maximum atomic E-state index is 11.2. The van der Waals surface area contributed by atoms with Crippen molar-refractivity contribution in [2.75, 3.05) is 0 Å². The van der Waals surface area contributed by atoms with Gasteiger partial charge in [0.05, 0.1) is 0 Å². The van der Waals surface area contributed by atoms with E-state index in [9.17, 15) is 4.79 Å². The van der Waals surface area contributed by atoms with Crippen LogP contribution in [0.5, 0.6) is 0 Å². The summed E-state index contributed by atoms with van der Waals surface area (Å²) < 4.78 is 0. The van der Waals surface area contributed by atoms with E-state index in [1.807, 2.05) is 6.08 Å². The van der Waals surface area contributed by atoms with E-state index in [-0.39, 0.29) is 5.91 Å². The Bertz CT molecular complexity index is 183. The zero-order valence-corrected chi connectivity index (χ0v) is 8.38. The average molecular weight is 181 g/mol. The van der Waals surface area contributed by atoms with Crippen molar-refractivity contribution in [1.82, 2.24) is 5.32 Å². The molecule has 0 heterocycles. The van der Waals surface area contributed by atoms with Gasteiger partial charge in [-0.1, -0.05) is 25.8 Å². The van der Waals surface area contributed by atoms with Gasteiger partial charge in [-0.3, -0.25) is 4.79 Å². The highest BCUT2D eigenvalue weighted by atomic mass is 16.1. The summed E-state index contributed by atoms with van der Waals surface area (Å²) in [6, 6.07) is 0.461. The number of allylic oxidation sites excluding steroid dienone is 1. The molecule has 1 aliphatic carbocycles. The highest BCUT2D eigenvalue weighted by Gasteiger charge is 2.17. The number of amides is 1. The van der Waals surface area contributed by atoms with Gasteiger partial charge in [-0.25, -0.2) is 0 Å². The maximum Gasteiger partial charge on any atom is 0.243 e. The minimum atomic E-state index is 0.0841. The third-order valence-electron chi connectivity index (χ3n) is 2.45. The van der Waals surface area contributed by atoms with Crippen molar-refractivity contribution in [3.05, 3.63) is 12.2 Å². The Morgan fingerprint density at radius 3 is 2.85 bits per heavy atom. The molecule has 0 unspecified atom stereocenters. The van der Waals surface area contributed by atoms with Crippen LogP contribution in [-0.4, -0.2) is 11.9 Å². The number of carbonyl (C=O) groups excluding carboxylic acids is 1. The number of unbranched alkanes of at least 4 members (excludes halogenated alkanes) is 2. The molecular formula is C11H19NO. The number of hydrogen-bond acceptors (Lipinski definition) is 1. The molecule has 0 aromatic carbocycles. The lowest BCUT2D eigenvalue weighted by Crippen LogP contribution is -2.38. The maximum absolute atomic E-state index is 11.2. The largest absolute Gasteiger partial charge is 0.350 e. The molecule has 0 atom stereocenters. The lowest BCUT2D eigenvalue weighted by atomic mass is 9.93. The predicted molar refractivity (Wildman–Crippen MR) is 54.4 cm³/mol. The van der Waals surface area contributed by atoms with Gasteiger partial charge in [0.25, 0.3) is 0 Å². The topological polar surface area (TPSA) is 29.1 Å². The first kappa shape index (κ1) is 10.3. The Labute approximate surface area is 80.4 Å². The molecule has 1 N–H and O–H groups in total. The van der Waals surface area contributed by atoms with Crippen LogP contribution in [0.1, 0.15) is 45.4 Å². The lowest BCUT2D eigenvalue weighted by molar-refractivity contribution is -0.117. The number of hydrogen-bond donors (Lipinski definition) is 1. The fraction of sp³-hybridized carbons (Fsp3) is 0.727. The molecule has 2 heteroatoms. The molecule has 1 saturated carbocycles. The van der Waals surface area contributed by atoms with Crippen molar-refractivity contribution in [3.63, 3.8) is 0 Å². The van der Waals surface area contributed by atoms with Gasteiger partial charge in [-0.2, -0.15) is 0 Å². The summed E-state index contributed by atoms with van der Waals surface area (Å²) in [5.74, 6) is 0.0841. The minimum Gasteiger partial charge on any atom is -0.350 e. The van der Waals surface area contributed by atoms with E-state index >= 15 is 0 Å². The van der Waals surface area contributed by atoms with E-state index in [0.29, 0.717) is 6.04 Å². The molecule has 1 amide bonds. The van der Waals surface area contributed by atoms with E-state index in [4.69, 9.17) is 0 Å². The average Bonchev–Trinajstić information content (AvgIpc) is 2.06. The van der Waals surface area contributed by atoms with Crippen LogP contribution in [-0.2, 0) is 4.79 Å². The fourth-order valence-electron chi connectivity index (χ4n) is 1.31. The van der Waals surface area contributed by atoms with Gasteiger partial charge in [0.2, 0.25) is 5.91 Å². The summed E-state index contributed by atoms with van der Waals surface area (Å²) in [4.78, 5) is 11.2. The zero-order chi connectivity index (χ0) is 9.52. The third-order valence-corrected chi connectivity index (χ3v) is 2.45. The lowest BCUT2D eigenvalue weighted by Gasteiger charge is -2.25. The summed E-state index contributed by atoms with van der Waals surface area (Å²) in [6.07, 6.45) is 10.6. The van der Waals surface area contributed by atoms with Crippen LogP contribution in [0.4, 0.5) is 0 Å². The molecule has 13 heavy (non-hydrogen) atoms. The first-order valence-electron chi connectivity index (χ1n) is 5.30. The van der Waals surface area contributed by atoms with Crippen molar-refractivity contribution >= 4 is 5.91 Å². The standard InChI is InChI=1S/C11H19NO/c1-2-3-4-5-9-11(13)12-10-7-6-8-10/h5,9-10H,2-4,6-8H2,1H3,(H,12,13)/b9-5+. The SMILES string of the molecule is CCCC/C=C/C(=O)NC1CCC1. The van der Waals surface area contributed by atoms with Crippen LogP contribution in [0.25, 0.3) is 0 Å². The molecular weight excluding hydrogens is 162 g/mol. The Morgan fingerprint density at radius 2 is 2.31 bits per heavy atom. The van der Waals surface area contributed by atoms with Crippen LogP contribution in [0.3, 0.4) is 0 Å². The minimum absolute atomic E-state index is 0.0841. The number of rotatable bonds is 5. The van der Waals surface area contributed by atoms with Gasteiger partial charge in [0.1, 0.15) is 0 Å². The van der Waals surface area contributed by atoms with E-state index in [1.54, 1.807) is 6.08 Å². The Hall–Kier alpha value is -0.790. The predicted octanol–water partition coefficient (Wildman–Crippen LogP) is 2.40. The zero-order valence-electron chi connectivity index (χ0n) is 8.38. The summed E-state index contributed by atoms with van der Waals surface area (Å²) in [5.41, 5.74) is 0.